The highest BCUT2D eigenvalue weighted by molar-refractivity contribution is 6.16. The van der Waals surface area contributed by atoms with Crippen molar-refractivity contribution in [2.75, 3.05) is 6.54 Å². The van der Waals surface area contributed by atoms with Crippen LogP contribution in [0.1, 0.15) is 21.5 Å². The van der Waals surface area contributed by atoms with Crippen LogP contribution in [0.2, 0.25) is 0 Å². The Kier molecular flexibility index (Phi) is 3.75. The van der Waals surface area contributed by atoms with E-state index in [1.54, 1.807) is 12.4 Å². The maximum atomic E-state index is 12.7. The van der Waals surface area contributed by atoms with E-state index in [1.807, 2.05) is 48.5 Å². The van der Waals surface area contributed by atoms with Crippen LogP contribution in [0, 0.1) is 0 Å². The van der Waals surface area contributed by atoms with E-state index in [1.165, 1.54) is 0 Å². The maximum Gasteiger partial charge on any atom is 0.193 e. The highest BCUT2D eigenvalue weighted by Crippen LogP contribution is 2.20. The first kappa shape index (κ1) is 13.5. The maximum absolute atomic E-state index is 12.7. The molecular formula is C18H16N2O. The fourth-order valence-corrected chi connectivity index (χ4v) is 2.47. The summed E-state index contributed by atoms with van der Waals surface area (Å²) < 4.78 is 0. The van der Waals surface area contributed by atoms with Crippen LogP contribution in [0.5, 0.6) is 0 Å². The van der Waals surface area contributed by atoms with Gasteiger partial charge in [0.15, 0.2) is 5.78 Å². The lowest BCUT2D eigenvalue weighted by Crippen LogP contribution is -2.05. The zero-order valence-corrected chi connectivity index (χ0v) is 11.6. The molecule has 0 fully saturated rings. The predicted molar refractivity (Wildman–Crippen MR) is 84.4 cm³/mol. The average molecular weight is 276 g/mol. The van der Waals surface area contributed by atoms with Crippen molar-refractivity contribution in [3.05, 3.63) is 77.6 Å². The van der Waals surface area contributed by atoms with Crippen molar-refractivity contribution in [1.82, 2.24) is 4.98 Å². The number of carbonyl (C=O) groups excluding carboxylic acids is 1. The standard InChI is InChI=1S/C18H16N2O/c19-10-8-13-4-6-14(7-5-13)18(21)17-3-1-2-15-12-20-11-9-16(15)17/h1-7,9,11-12H,8,10,19H2. The second kappa shape index (κ2) is 5.85. The predicted octanol–water partition coefficient (Wildman–Crippen LogP) is 2.97. The number of aromatic nitrogens is 1. The molecule has 0 atom stereocenters. The van der Waals surface area contributed by atoms with Gasteiger partial charge >= 0.3 is 0 Å². The second-order valence-electron chi connectivity index (χ2n) is 4.97. The van der Waals surface area contributed by atoms with E-state index in [0.717, 1.165) is 22.8 Å². The van der Waals surface area contributed by atoms with Crippen molar-refractivity contribution in [2.45, 2.75) is 6.42 Å². The number of rotatable bonds is 4. The summed E-state index contributed by atoms with van der Waals surface area (Å²) in [7, 11) is 0. The molecule has 0 aliphatic carbocycles. The first-order valence-electron chi connectivity index (χ1n) is 6.96. The molecule has 0 saturated carbocycles. The van der Waals surface area contributed by atoms with Crippen LogP contribution in [0.4, 0.5) is 0 Å². The lowest BCUT2D eigenvalue weighted by atomic mass is 9.97. The molecule has 0 unspecified atom stereocenters. The highest BCUT2D eigenvalue weighted by atomic mass is 16.1. The number of ketones is 1. The smallest absolute Gasteiger partial charge is 0.193 e. The van der Waals surface area contributed by atoms with Gasteiger partial charge in [0.25, 0.3) is 0 Å². The van der Waals surface area contributed by atoms with Gasteiger partial charge in [0.05, 0.1) is 0 Å². The number of pyridine rings is 1. The summed E-state index contributed by atoms with van der Waals surface area (Å²) in [4.78, 5) is 16.8. The van der Waals surface area contributed by atoms with Gasteiger partial charge in [-0.15, -0.1) is 0 Å². The molecule has 104 valence electrons. The number of benzene rings is 2. The molecule has 2 aromatic carbocycles. The first-order chi connectivity index (χ1) is 10.3. The number of carbonyl (C=O) groups is 1. The molecule has 3 rings (SSSR count). The van der Waals surface area contributed by atoms with E-state index < -0.39 is 0 Å². The minimum Gasteiger partial charge on any atom is -0.330 e. The van der Waals surface area contributed by atoms with Crippen LogP contribution in [0.25, 0.3) is 10.8 Å². The summed E-state index contributed by atoms with van der Waals surface area (Å²) >= 11 is 0. The van der Waals surface area contributed by atoms with E-state index in [9.17, 15) is 4.79 Å². The number of nitrogens with two attached hydrogens (primary N) is 1. The Labute approximate surface area is 123 Å². The van der Waals surface area contributed by atoms with Crippen molar-refractivity contribution in [3.8, 4) is 0 Å². The lowest BCUT2D eigenvalue weighted by Gasteiger charge is -2.06. The zero-order chi connectivity index (χ0) is 14.7. The van der Waals surface area contributed by atoms with Crippen LogP contribution in [0.15, 0.2) is 60.9 Å². The van der Waals surface area contributed by atoms with E-state index in [2.05, 4.69) is 4.98 Å². The highest BCUT2D eigenvalue weighted by Gasteiger charge is 2.12. The van der Waals surface area contributed by atoms with Gasteiger partial charge in [-0.1, -0.05) is 42.5 Å². The second-order valence-corrected chi connectivity index (χ2v) is 4.97. The third-order valence-electron chi connectivity index (χ3n) is 3.57. The summed E-state index contributed by atoms with van der Waals surface area (Å²) in [5, 5.41) is 1.91. The van der Waals surface area contributed by atoms with Gasteiger partial charge in [-0.25, -0.2) is 0 Å². The van der Waals surface area contributed by atoms with Gasteiger partial charge in [0.1, 0.15) is 0 Å². The van der Waals surface area contributed by atoms with Gasteiger partial charge in [0, 0.05) is 28.9 Å². The van der Waals surface area contributed by atoms with Crippen molar-refractivity contribution in [3.63, 3.8) is 0 Å². The van der Waals surface area contributed by atoms with Crippen molar-refractivity contribution < 1.29 is 4.79 Å². The summed E-state index contributed by atoms with van der Waals surface area (Å²) in [5.41, 5.74) is 8.09. The Morgan fingerprint density at radius 1 is 1.05 bits per heavy atom. The number of hydrogen-bond acceptors (Lipinski definition) is 3. The van der Waals surface area contributed by atoms with Gasteiger partial charge in [-0.3, -0.25) is 9.78 Å². The SMILES string of the molecule is NCCc1ccc(C(=O)c2cccc3cnccc23)cc1. The Morgan fingerprint density at radius 2 is 1.86 bits per heavy atom. The largest absolute Gasteiger partial charge is 0.330 e. The van der Waals surface area contributed by atoms with Crippen LogP contribution in [0.3, 0.4) is 0 Å². The Balaban J connectivity index is 2.00. The monoisotopic (exact) mass is 276 g/mol. The number of nitrogens with zero attached hydrogens (tertiary/aromatic N) is 1. The van der Waals surface area contributed by atoms with Gasteiger partial charge < -0.3 is 5.73 Å². The van der Waals surface area contributed by atoms with Crippen molar-refractivity contribution >= 4 is 16.6 Å². The molecule has 1 heterocycles. The van der Waals surface area contributed by atoms with E-state index in [-0.39, 0.29) is 5.78 Å². The summed E-state index contributed by atoms with van der Waals surface area (Å²) in [6, 6.07) is 15.3. The molecule has 2 N–H and O–H groups in total. The van der Waals surface area contributed by atoms with Crippen molar-refractivity contribution in [2.24, 2.45) is 5.73 Å². The van der Waals surface area contributed by atoms with Gasteiger partial charge in [-0.05, 0) is 30.0 Å². The molecule has 0 aliphatic heterocycles. The lowest BCUT2D eigenvalue weighted by molar-refractivity contribution is 0.104. The molecule has 21 heavy (non-hydrogen) atoms. The normalized spacial score (nSPS) is 10.7. The number of hydrogen-bond donors (Lipinski definition) is 1. The molecule has 0 spiro atoms. The Morgan fingerprint density at radius 3 is 2.62 bits per heavy atom. The topological polar surface area (TPSA) is 56.0 Å². The fraction of sp³-hybridized carbons (Fsp3) is 0.111. The van der Waals surface area contributed by atoms with E-state index >= 15 is 0 Å². The molecule has 0 bridgehead atoms. The Bertz CT molecular complexity index is 773. The third kappa shape index (κ3) is 2.69. The van der Waals surface area contributed by atoms with Crippen LogP contribution >= 0.6 is 0 Å². The van der Waals surface area contributed by atoms with Crippen LogP contribution < -0.4 is 5.73 Å². The molecule has 0 aliphatic rings. The molecule has 3 aromatic rings. The fourth-order valence-electron chi connectivity index (χ4n) is 2.47. The molecule has 3 heteroatoms. The summed E-state index contributed by atoms with van der Waals surface area (Å²) in [6.45, 7) is 0.615. The zero-order valence-electron chi connectivity index (χ0n) is 11.6. The minimum absolute atomic E-state index is 0.0334. The first-order valence-corrected chi connectivity index (χ1v) is 6.96. The van der Waals surface area contributed by atoms with Gasteiger partial charge in [0.2, 0.25) is 0 Å². The third-order valence-corrected chi connectivity index (χ3v) is 3.57. The quantitative estimate of drug-likeness (QED) is 0.745. The Hall–Kier alpha value is -2.52. The van der Waals surface area contributed by atoms with Gasteiger partial charge in [-0.2, -0.15) is 0 Å². The molecule has 1 aromatic heterocycles. The minimum atomic E-state index is 0.0334. The van der Waals surface area contributed by atoms with Crippen LogP contribution in [-0.4, -0.2) is 17.3 Å². The van der Waals surface area contributed by atoms with E-state index in [4.69, 9.17) is 5.73 Å². The average Bonchev–Trinajstić information content (AvgIpc) is 2.55. The summed E-state index contributed by atoms with van der Waals surface area (Å²) in [6.07, 6.45) is 4.31. The molecule has 0 amide bonds. The number of fused-ring (bicyclic) bond motifs is 1. The molecule has 0 radical (unpaired) electrons. The molecule has 0 saturated heterocycles. The van der Waals surface area contributed by atoms with Crippen molar-refractivity contribution in [1.29, 1.82) is 0 Å². The molecule has 3 nitrogen and oxygen atoms in total. The van der Waals surface area contributed by atoms with Crippen LogP contribution in [-0.2, 0) is 6.42 Å². The molecular weight excluding hydrogens is 260 g/mol. The van der Waals surface area contributed by atoms with E-state index in [0.29, 0.717) is 17.7 Å². The summed E-state index contributed by atoms with van der Waals surface area (Å²) in [5.74, 6) is 0.0334.